The molecule has 154 valence electrons. The van der Waals surface area contributed by atoms with E-state index in [1.165, 1.54) is 28.1 Å². The third kappa shape index (κ3) is 2.82. The molecule has 0 bridgehead atoms. The number of pyridine rings is 2. The maximum Gasteiger partial charge on any atom is 0.341 e. The van der Waals surface area contributed by atoms with Gasteiger partial charge in [0.15, 0.2) is 17.3 Å². The van der Waals surface area contributed by atoms with Crippen LogP contribution < -0.4 is 10.3 Å². The number of aromatic nitrogens is 4. The maximum absolute atomic E-state index is 14.8. The van der Waals surface area contributed by atoms with E-state index < -0.39 is 34.0 Å². The van der Waals surface area contributed by atoms with Crippen molar-refractivity contribution in [3.8, 4) is 5.88 Å². The minimum Gasteiger partial charge on any atom is -0.492 e. The first kappa shape index (κ1) is 18.3. The summed E-state index contributed by atoms with van der Waals surface area (Å²) in [5.74, 6) is -2.19. The van der Waals surface area contributed by atoms with E-state index in [1.54, 1.807) is 4.90 Å². The number of hydrogen-bond acceptors (Lipinski definition) is 8. The number of aliphatic imine (C=N–C) groups is 1. The van der Waals surface area contributed by atoms with E-state index in [-0.39, 0.29) is 28.6 Å². The second-order valence-corrected chi connectivity index (χ2v) is 8.32. The van der Waals surface area contributed by atoms with Crippen molar-refractivity contribution in [2.45, 2.75) is 5.92 Å². The summed E-state index contributed by atoms with van der Waals surface area (Å²) in [4.78, 5) is 34.0. The molecule has 13 heteroatoms. The van der Waals surface area contributed by atoms with Crippen molar-refractivity contribution in [1.82, 2.24) is 19.2 Å². The maximum atomic E-state index is 14.8. The Balaban J connectivity index is 1.59. The van der Waals surface area contributed by atoms with Crippen molar-refractivity contribution >= 4 is 46.0 Å². The highest BCUT2D eigenvalue weighted by atomic mass is 32.2. The van der Waals surface area contributed by atoms with Crippen LogP contribution in [0.25, 0.3) is 11.0 Å². The SMILES string of the molecule is O=C(O)c1cn([SH]2C=NC=N2)c2nc(N3CC(c4cc(O)n[nH]4)C3)c(F)cc2c1=O. The van der Waals surface area contributed by atoms with Crippen LogP contribution in [0.1, 0.15) is 22.0 Å². The van der Waals surface area contributed by atoms with Gasteiger partial charge < -0.3 is 15.1 Å². The third-order valence-electron chi connectivity index (χ3n) is 4.96. The summed E-state index contributed by atoms with van der Waals surface area (Å²) in [6, 6.07) is 2.53. The average molecular weight is 431 g/mol. The van der Waals surface area contributed by atoms with Crippen LogP contribution in [0.4, 0.5) is 10.2 Å². The summed E-state index contributed by atoms with van der Waals surface area (Å²) in [5, 5.41) is 25.0. The molecule has 0 aromatic carbocycles. The third-order valence-corrected chi connectivity index (χ3v) is 6.38. The first-order valence-corrected chi connectivity index (χ1v) is 10.1. The van der Waals surface area contributed by atoms with Crippen molar-refractivity contribution < 1.29 is 19.4 Å². The van der Waals surface area contributed by atoms with Crippen LogP contribution in [0.2, 0.25) is 0 Å². The normalized spacial score (nSPS) is 19.5. The Kier molecular flexibility index (Phi) is 4.06. The Morgan fingerprint density at radius 3 is 2.77 bits per heavy atom. The second-order valence-electron chi connectivity index (χ2n) is 6.79. The van der Waals surface area contributed by atoms with Gasteiger partial charge in [-0.1, -0.05) is 0 Å². The zero-order valence-corrected chi connectivity index (χ0v) is 16.0. The molecule has 0 saturated carbocycles. The molecule has 2 aliphatic rings. The van der Waals surface area contributed by atoms with Gasteiger partial charge in [-0.25, -0.2) is 23.6 Å². The fourth-order valence-electron chi connectivity index (χ4n) is 3.43. The molecule has 3 N–H and O–H groups in total. The molecule has 3 aromatic heterocycles. The van der Waals surface area contributed by atoms with Crippen molar-refractivity contribution in [2.75, 3.05) is 18.0 Å². The zero-order chi connectivity index (χ0) is 21.0. The highest BCUT2D eigenvalue weighted by molar-refractivity contribution is 8.26. The highest BCUT2D eigenvalue weighted by Gasteiger charge is 2.33. The lowest BCUT2D eigenvalue weighted by Gasteiger charge is -2.39. The number of aromatic amines is 1. The number of anilines is 1. The van der Waals surface area contributed by atoms with Gasteiger partial charge in [0.1, 0.15) is 11.9 Å². The number of nitrogens with zero attached hydrogens (tertiary/aromatic N) is 6. The molecule has 1 fully saturated rings. The van der Waals surface area contributed by atoms with Crippen LogP contribution in [0.3, 0.4) is 0 Å². The lowest BCUT2D eigenvalue weighted by molar-refractivity contribution is 0.0695. The molecule has 0 radical (unpaired) electrons. The topological polar surface area (TPSA) is 149 Å². The zero-order valence-electron chi connectivity index (χ0n) is 15.1. The van der Waals surface area contributed by atoms with Crippen LogP contribution in [0.5, 0.6) is 5.88 Å². The Morgan fingerprint density at radius 1 is 1.33 bits per heavy atom. The molecule has 5 rings (SSSR count). The van der Waals surface area contributed by atoms with Crippen LogP contribution in [-0.4, -0.2) is 60.3 Å². The number of nitrogens with one attached hydrogen (secondary N) is 1. The van der Waals surface area contributed by atoms with Gasteiger partial charge in [0.05, 0.1) is 10.9 Å². The number of carbonyl (C=O) groups is 1. The smallest absolute Gasteiger partial charge is 0.341 e. The van der Waals surface area contributed by atoms with E-state index in [4.69, 9.17) is 0 Å². The van der Waals surface area contributed by atoms with E-state index in [0.717, 1.165) is 11.8 Å². The van der Waals surface area contributed by atoms with Crippen molar-refractivity contribution in [2.24, 2.45) is 9.39 Å². The van der Waals surface area contributed by atoms with Crippen LogP contribution in [0, 0.1) is 5.82 Å². The number of rotatable bonds is 4. The molecule has 5 heterocycles. The number of hydrogen-bond donors (Lipinski definition) is 4. The lowest BCUT2D eigenvalue weighted by Crippen LogP contribution is -2.46. The molecule has 0 aliphatic carbocycles. The van der Waals surface area contributed by atoms with Gasteiger partial charge in [-0.15, -0.1) is 5.10 Å². The van der Waals surface area contributed by atoms with Crippen LogP contribution in [0.15, 0.2) is 32.5 Å². The van der Waals surface area contributed by atoms with Crippen LogP contribution >= 0.6 is 11.3 Å². The van der Waals surface area contributed by atoms with Gasteiger partial charge in [-0.2, -0.15) is 0 Å². The number of H-pyrrole nitrogens is 1. The Morgan fingerprint density at radius 2 is 2.13 bits per heavy atom. The summed E-state index contributed by atoms with van der Waals surface area (Å²) in [7, 11) is 0. The number of thiol groups is 1. The fourth-order valence-corrected chi connectivity index (χ4v) is 4.63. The molecule has 0 spiro atoms. The number of carboxylic acids is 1. The fraction of sp³-hybridized carbons (Fsp3) is 0.176. The van der Waals surface area contributed by atoms with E-state index in [2.05, 4.69) is 24.6 Å². The van der Waals surface area contributed by atoms with Crippen molar-refractivity contribution in [3.05, 3.63) is 45.6 Å². The molecule has 2 aliphatic heterocycles. The molecule has 0 amide bonds. The molecular formula is C17H14FN7O4S. The van der Waals surface area contributed by atoms with Crippen LogP contribution in [-0.2, 0) is 0 Å². The van der Waals surface area contributed by atoms with E-state index in [1.807, 2.05) is 0 Å². The first-order chi connectivity index (χ1) is 14.4. The van der Waals surface area contributed by atoms with E-state index in [9.17, 15) is 24.2 Å². The van der Waals surface area contributed by atoms with Crippen molar-refractivity contribution in [3.63, 3.8) is 0 Å². The molecule has 1 atom stereocenters. The van der Waals surface area contributed by atoms with Gasteiger partial charge in [0.2, 0.25) is 11.3 Å². The highest BCUT2D eigenvalue weighted by Crippen LogP contribution is 2.36. The van der Waals surface area contributed by atoms with E-state index >= 15 is 0 Å². The molecule has 3 aromatic rings. The summed E-state index contributed by atoms with van der Waals surface area (Å²) < 4.78 is 20.5. The van der Waals surface area contributed by atoms with Gasteiger partial charge in [-0.05, 0) is 17.3 Å². The number of aromatic hydroxyl groups is 1. The van der Waals surface area contributed by atoms with Crippen molar-refractivity contribution in [1.29, 1.82) is 0 Å². The number of halogens is 1. The number of carboxylic acid groups (broad SMARTS) is 1. The van der Waals surface area contributed by atoms with E-state index in [0.29, 0.717) is 13.1 Å². The Bertz CT molecular complexity index is 1300. The molecule has 30 heavy (non-hydrogen) atoms. The monoisotopic (exact) mass is 431 g/mol. The molecular weight excluding hydrogens is 417 g/mol. The minimum atomic E-state index is -1.42. The van der Waals surface area contributed by atoms with Gasteiger partial charge in [0, 0.05) is 37.0 Å². The second kappa shape index (κ2) is 6.66. The minimum absolute atomic E-state index is 0.0165. The quantitative estimate of drug-likeness (QED) is 0.451. The summed E-state index contributed by atoms with van der Waals surface area (Å²) in [6.07, 6.45) is 2.51. The molecule has 1 unspecified atom stereocenters. The largest absolute Gasteiger partial charge is 0.492 e. The van der Waals surface area contributed by atoms with Gasteiger partial charge in [0.25, 0.3) is 0 Å². The predicted molar refractivity (Wildman–Crippen MR) is 109 cm³/mol. The summed E-state index contributed by atoms with van der Waals surface area (Å²) >= 11 is -1.42. The lowest BCUT2D eigenvalue weighted by atomic mass is 9.96. The number of aromatic carboxylic acids is 1. The molecule has 11 nitrogen and oxygen atoms in total. The van der Waals surface area contributed by atoms with Gasteiger partial charge in [-0.3, -0.25) is 13.9 Å². The summed E-state index contributed by atoms with van der Waals surface area (Å²) in [5.41, 5.74) is 1.10. The Labute approximate surface area is 169 Å². The summed E-state index contributed by atoms with van der Waals surface area (Å²) in [6.45, 7) is 0.867. The first-order valence-electron chi connectivity index (χ1n) is 8.76. The standard InChI is InChI=1S/C17H14FN7O4S/c18-11-1-9-14(27)10(17(28)29)5-25(30-7-19-6-20-30)15(9)21-16(11)24-3-8(4-24)12-2-13(26)23-22-12/h1-2,5-8,30H,3-4H2,(H,28,29)(H2,22,23,26). The predicted octanol–water partition coefficient (Wildman–Crippen LogP) is 1.02. The Hall–Kier alpha value is -3.74. The van der Waals surface area contributed by atoms with Gasteiger partial charge >= 0.3 is 5.97 Å². The number of fused-ring (bicyclic) bond motifs is 1. The average Bonchev–Trinajstić information content (AvgIpc) is 3.34. The molecule has 1 saturated heterocycles.